The Hall–Kier alpha value is -1.61. The summed E-state index contributed by atoms with van der Waals surface area (Å²) in [5.74, 6) is 0. The second-order valence-corrected chi connectivity index (χ2v) is 5.74. The molecule has 20 heavy (non-hydrogen) atoms. The third-order valence-corrected chi connectivity index (χ3v) is 4.14. The number of aromatic nitrogens is 2. The Bertz CT molecular complexity index is 611. The van der Waals surface area contributed by atoms with Crippen molar-refractivity contribution in [3.63, 3.8) is 0 Å². The number of aryl methyl sites for hydroxylation is 4. The Morgan fingerprint density at radius 1 is 1.20 bits per heavy atom. The second kappa shape index (κ2) is 5.80. The van der Waals surface area contributed by atoms with Crippen LogP contribution in [-0.2, 0) is 13.6 Å². The van der Waals surface area contributed by atoms with Crippen LogP contribution in [-0.4, -0.2) is 9.78 Å². The van der Waals surface area contributed by atoms with Crippen molar-refractivity contribution in [1.82, 2.24) is 15.1 Å². The second-order valence-electron chi connectivity index (χ2n) is 5.74. The van der Waals surface area contributed by atoms with Gasteiger partial charge in [-0.3, -0.25) is 4.68 Å². The van der Waals surface area contributed by atoms with Crippen LogP contribution in [0.25, 0.3) is 0 Å². The van der Waals surface area contributed by atoms with Crippen LogP contribution in [0.15, 0.2) is 18.2 Å². The fraction of sp³-hybridized carbons (Fsp3) is 0.471. The van der Waals surface area contributed by atoms with E-state index in [4.69, 9.17) is 0 Å². The Morgan fingerprint density at radius 2 is 1.90 bits per heavy atom. The van der Waals surface area contributed by atoms with Gasteiger partial charge >= 0.3 is 0 Å². The van der Waals surface area contributed by atoms with Gasteiger partial charge in [0.25, 0.3) is 0 Å². The van der Waals surface area contributed by atoms with E-state index in [0.717, 1.165) is 12.2 Å². The van der Waals surface area contributed by atoms with Crippen LogP contribution in [0.3, 0.4) is 0 Å². The van der Waals surface area contributed by atoms with Gasteiger partial charge in [0, 0.05) is 30.9 Å². The average molecular weight is 271 g/mol. The SMILES string of the molecule is Cc1ccc(C(C)NCc2c(C)nn(C)c2C)c(C)c1. The fourth-order valence-corrected chi connectivity index (χ4v) is 2.75. The zero-order valence-electron chi connectivity index (χ0n) is 13.4. The van der Waals surface area contributed by atoms with E-state index in [2.05, 4.69) is 63.2 Å². The third-order valence-electron chi connectivity index (χ3n) is 4.14. The maximum Gasteiger partial charge on any atom is 0.0641 e. The molecule has 1 aromatic carbocycles. The number of benzene rings is 1. The van der Waals surface area contributed by atoms with Gasteiger partial charge in [-0.15, -0.1) is 0 Å². The molecule has 0 radical (unpaired) electrons. The van der Waals surface area contributed by atoms with Gasteiger partial charge in [-0.05, 0) is 45.7 Å². The van der Waals surface area contributed by atoms with Crippen LogP contribution in [0.4, 0.5) is 0 Å². The fourth-order valence-electron chi connectivity index (χ4n) is 2.75. The van der Waals surface area contributed by atoms with Crippen LogP contribution in [0.1, 0.15) is 46.6 Å². The zero-order valence-corrected chi connectivity index (χ0v) is 13.4. The number of nitrogens with zero attached hydrogens (tertiary/aromatic N) is 2. The quantitative estimate of drug-likeness (QED) is 0.922. The molecule has 2 aromatic rings. The first-order valence-corrected chi connectivity index (χ1v) is 7.19. The van der Waals surface area contributed by atoms with Crippen molar-refractivity contribution in [3.8, 4) is 0 Å². The van der Waals surface area contributed by atoms with Crippen LogP contribution in [0.5, 0.6) is 0 Å². The zero-order chi connectivity index (χ0) is 14.9. The highest BCUT2D eigenvalue weighted by Crippen LogP contribution is 2.20. The largest absolute Gasteiger partial charge is 0.306 e. The van der Waals surface area contributed by atoms with Gasteiger partial charge in [-0.2, -0.15) is 5.10 Å². The molecule has 108 valence electrons. The molecule has 0 aliphatic carbocycles. The van der Waals surface area contributed by atoms with E-state index < -0.39 is 0 Å². The molecule has 3 nitrogen and oxygen atoms in total. The van der Waals surface area contributed by atoms with Crippen molar-refractivity contribution >= 4 is 0 Å². The summed E-state index contributed by atoms with van der Waals surface area (Å²) >= 11 is 0. The summed E-state index contributed by atoms with van der Waals surface area (Å²) < 4.78 is 1.95. The first-order valence-electron chi connectivity index (χ1n) is 7.19. The summed E-state index contributed by atoms with van der Waals surface area (Å²) in [7, 11) is 2.00. The minimum Gasteiger partial charge on any atom is -0.306 e. The van der Waals surface area contributed by atoms with Gasteiger partial charge in [0.1, 0.15) is 0 Å². The molecule has 0 bridgehead atoms. The lowest BCUT2D eigenvalue weighted by Crippen LogP contribution is -2.19. The van der Waals surface area contributed by atoms with Crippen molar-refractivity contribution < 1.29 is 0 Å². The molecule has 1 heterocycles. The maximum absolute atomic E-state index is 4.47. The minimum atomic E-state index is 0.342. The van der Waals surface area contributed by atoms with Crippen molar-refractivity contribution in [3.05, 3.63) is 51.8 Å². The van der Waals surface area contributed by atoms with Gasteiger partial charge in [0.2, 0.25) is 0 Å². The Labute approximate surface area is 122 Å². The molecule has 1 atom stereocenters. The highest BCUT2D eigenvalue weighted by atomic mass is 15.3. The summed E-state index contributed by atoms with van der Waals surface area (Å²) in [4.78, 5) is 0. The molecule has 0 aliphatic rings. The molecule has 0 saturated heterocycles. The molecular formula is C17H25N3. The van der Waals surface area contributed by atoms with E-state index in [1.165, 1.54) is 27.9 Å². The van der Waals surface area contributed by atoms with E-state index >= 15 is 0 Å². The molecule has 0 spiro atoms. The summed E-state index contributed by atoms with van der Waals surface area (Å²) in [6.07, 6.45) is 0. The van der Waals surface area contributed by atoms with Gasteiger partial charge in [0.15, 0.2) is 0 Å². The minimum absolute atomic E-state index is 0.342. The Kier molecular flexibility index (Phi) is 4.29. The maximum atomic E-state index is 4.47. The van der Waals surface area contributed by atoms with E-state index in [1.54, 1.807) is 0 Å². The lowest BCUT2D eigenvalue weighted by atomic mass is 10.00. The van der Waals surface area contributed by atoms with E-state index in [-0.39, 0.29) is 0 Å². The number of hydrogen-bond acceptors (Lipinski definition) is 2. The van der Waals surface area contributed by atoms with E-state index in [0.29, 0.717) is 6.04 Å². The Morgan fingerprint density at radius 3 is 2.45 bits per heavy atom. The summed E-state index contributed by atoms with van der Waals surface area (Å²) in [5, 5.41) is 8.08. The lowest BCUT2D eigenvalue weighted by molar-refractivity contribution is 0.569. The van der Waals surface area contributed by atoms with E-state index in [1.807, 2.05) is 11.7 Å². The first-order chi connectivity index (χ1) is 9.40. The molecule has 2 rings (SSSR count). The standard InChI is InChI=1S/C17H25N3/c1-11-7-8-16(12(2)9-11)13(3)18-10-17-14(4)19-20(6)15(17)5/h7-9,13,18H,10H2,1-6H3. The van der Waals surface area contributed by atoms with Crippen LogP contribution >= 0.6 is 0 Å². The molecule has 1 aromatic heterocycles. The molecule has 1 unspecified atom stereocenters. The van der Waals surface area contributed by atoms with Gasteiger partial charge in [-0.25, -0.2) is 0 Å². The number of hydrogen-bond donors (Lipinski definition) is 1. The normalized spacial score (nSPS) is 12.7. The predicted octanol–water partition coefficient (Wildman–Crippen LogP) is 3.50. The topological polar surface area (TPSA) is 29.9 Å². The summed E-state index contributed by atoms with van der Waals surface area (Å²) in [6, 6.07) is 7.00. The van der Waals surface area contributed by atoms with Gasteiger partial charge < -0.3 is 5.32 Å². The molecule has 3 heteroatoms. The van der Waals surface area contributed by atoms with Crippen LogP contribution in [0, 0.1) is 27.7 Å². The predicted molar refractivity (Wildman–Crippen MR) is 83.9 cm³/mol. The monoisotopic (exact) mass is 271 g/mol. The van der Waals surface area contributed by atoms with Crippen LogP contribution in [0.2, 0.25) is 0 Å². The smallest absolute Gasteiger partial charge is 0.0641 e. The number of nitrogens with one attached hydrogen (secondary N) is 1. The first kappa shape index (κ1) is 14.8. The average Bonchev–Trinajstić information content (AvgIpc) is 2.61. The highest BCUT2D eigenvalue weighted by molar-refractivity contribution is 5.33. The van der Waals surface area contributed by atoms with Crippen molar-refractivity contribution in [2.24, 2.45) is 7.05 Å². The molecule has 0 fully saturated rings. The van der Waals surface area contributed by atoms with Crippen molar-refractivity contribution in [1.29, 1.82) is 0 Å². The third kappa shape index (κ3) is 2.93. The summed E-state index contributed by atoms with van der Waals surface area (Å²) in [5.41, 5.74) is 7.70. The molecule has 0 saturated carbocycles. The van der Waals surface area contributed by atoms with Crippen molar-refractivity contribution in [2.75, 3.05) is 0 Å². The van der Waals surface area contributed by atoms with E-state index in [9.17, 15) is 0 Å². The van der Waals surface area contributed by atoms with Crippen LogP contribution < -0.4 is 5.32 Å². The number of rotatable bonds is 4. The summed E-state index contributed by atoms with van der Waals surface area (Å²) in [6.45, 7) is 11.6. The molecular weight excluding hydrogens is 246 g/mol. The highest BCUT2D eigenvalue weighted by Gasteiger charge is 2.12. The molecule has 0 aliphatic heterocycles. The molecule has 1 N–H and O–H groups in total. The van der Waals surface area contributed by atoms with Crippen molar-refractivity contribution in [2.45, 2.75) is 47.2 Å². The van der Waals surface area contributed by atoms with Gasteiger partial charge in [-0.1, -0.05) is 23.8 Å². The lowest BCUT2D eigenvalue weighted by Gasteiger charge is -2.17. The van der Waals surface area contributed by atoms with Gasteiger partial charge in [0.05, 0.1) is 5.69 Å². The molecule has 0 amide bonds. The Balaban J connectivity index is 2.10.